The topological polar surface area (TPSA) is 72.7 Å². The number of hydrogen-bond donors (Lipinski definition) is 4. The van der Waals surface area contributed by atoms with Crippen LogP contribution in [0, 0.1) is 6.92 Å². The average Bonchev–Trinajstić information content (AvgIpc) is 2.13. The second-order valence-corrected chi connectivity index (χ2v) is 3.24. The van der Waals surface area contributed by atoms with Gasteiger partial charge in [-0.1, -0.05) is 13.0 Å². The Morgan fingerprint density at radius 1 is 1.36 bits per heavy atom. The Morgan fingerprint density at radius 2 is 2.00 bits per heavy atom. The molecule has 0 aliphatic heterocycles. The molecule has 0 saturated heterocycles. The molecule has 0 unspecified atom stereocenters. The fourth-order valence-electron chi connectivity index (χ4n) is 1.06. The van der Waals surface area contributed by atoms with E-state index in [0.717, 1.165) is 0 Å². The molecule has 1 aromatic rings. The molecule has 4 N–H and O–H groups in total. The molecule has 0 aromatic heterocycles. The number of benzene rings is 1. The van der Waals surface area contributed by atoms with Crippen molar-refractivity contribution in [3.8, 4) is 5.75 Å². The summed E-state index contributed by atoms with van der Waals surface area (Å²) in [6.07, 6.45) is 0.155. The van der Waals surface area contributed by atoms with E-state index in [-0.39, 0.29) is 12.2 Å². The predicted molar refractivity (Wildman–Crippen MR) is 53.9 cm³/mol. The monoisotopic (exact) mass is 197 g/mol. The van der Waals surface area contributed by atoms with Gasteiger partial charge in [0.2, 0.25) is 5.91 Å². The van der Waals surface area contributed by atoms with E-state index in [1.54, 1.807) is 32.0 Å². The van der Waals surface area contributed by atoms with Crippen molar-refractivity contribution in [2.24, 2.45) is 0 Å². The van der Waals surface area contributed by atoms with E-state index in [9.17, 15) is 15.3 Å². The van der Waals surface area contributed by atoms with E-state index in [1.165, 1.54) is 0 Å². The Hall–Kier alpha value is -1.26. The summed E-state index contributed by atoms with van der Waals surface area (Å²) in [6.45, 7) is 3.34. The number of hydrogen-bond acceptors (Lipinski definition) is 4. The zero-order valence-corrected chi connectivity index (χ0v) is 8.28. The summed E-state index contributed by atoms with van der Waals surface area (Å²) < 4.78 is 0. The Balaban J connectivity index is 2.92. The maximum Gasteiger partial charge on any atom is 0.243 e. The van der Waals surface area contributed by atoms with Crippen LogP contribution in [0.5, 0.6) is 5.75 Å². The van der Waals surface area contributed by atoms with Gasteiger partial charge in [-0.25, -0.2) is 0 Å². The second kappa shape index (κ2) is 3.86. The normalized spacial score (nSPS) is 11.4. The molecule has 0 heterocycles. The third kappa shape index (κ3) is 2.37. The minimum absolute atomic E-state index is 0.127. The van der Waals surface area contributed by atoms with Crippen LogP contribution in [0.25, 0.3) is 0 Å². The van der Waals surface area contributed by atoms with Gasteiger partial charge in [-0.3, -0.25) is 0 Å². The fraction of sp³-hybridized carbons (Fsp3) is 0.400. The van der Waals surface area contributed by atoms with E-state index >= 15 is 0 Å². The molecule has 1 aromatic carbocycles. The van der Waals surface area contributed by atoms with Gasteiger partial charge in [0.1, 0.15) is 5.75 Å². The molecule has 0 radical (unpaired) electrons. The standard InChI is InChI=1S/C10H15NO3/c1-3-10(13,14)11-8-5-4-6-9(12)7(8)2/h4-6,11-14H,3H2,1-2H3. The zero-order chi connectivity index (χ0) is 10.8. The van der Waals surface area contributed by atoms with Crippen LogP contribution in [0.3, 0.4) is 0 Å². The van der Waals surface area contributed by atoms with Gasteiger partial charge in [0, 0.05) is 17.7 Å². The van der Waals surface area contributed by atoms with Gasteiger partial charge in [0.05, 0.1) is 0 Å². The first-order valence-corrected chi connectivity index (χ1v) is 4.48. The molecule has 0 spiro atoms. The Morgan fingerprint density at radius 3 is 2.57 bits per heavy atom. The Labute approximate surface area is 82.8 Å². The van der Waals surface area contributed by atoms with Crippen LogP contribution >= 0.6 is 0 Å². The third-order valence-electron chi connectivity index (χ3n) is 2.13. The van der Waals surface area contributed by atoms with Crippen LogP contribution in [0.15, 0.2) is 18.2 Å². The highest BCUT2D eigenvalue weighted by Crippen LogP contribution is 2.25. The van der Waals surface area contributed by atoms with Gasteiger partial charge in [-0.2, -0.15) is 0 Å². The first-order valence-electron chi connectivity index (χ1n) is 4.48. The van der Waals surface area contributed by atoms with E-state index in [1.807, 2.05) is 0 Å². The van der Waals surface area contributed by atoms with E-state index in [4.69, 9.17) is 0 Å². The van der Waals surface area contributed by atoms with Gasteiger partial charge in [0.15, 0.2) is 0 Å². The molecular weight excluding hydrogens is 182 g/mol. The van der Waals surface area contributed by atoms with E-state index < -0.39 is 5.91 Å². The molecule has 0 fully saturated rings. The molecule has 0 saturated carbocycles. The van der Waals surface area contributed by atoms with Gasteiger partial charge in [-0.15, -0.1) is 0 Å². The summed E-state index contributed by atoms with van der Waals surface area (Å²) in [5.74, 6) is -1.81. The van der Waals surface area contributed by atoms with Crippen molar-refractivity contribution in [2.75, 3.05) is 5.32 Å². The molecule has 0 atom stereocenters. The maximum atomic E-state index is 9.37. The van der Waals surface area contributed by atoms with Gasteiger partial charge in [-0.05, 0) is 19.1 Å². The molecule has 0 aliphatic rings. The first kappa shape index (κ1) is 10.8. The number of phenols is 1. The molecule has 0 amide bonds. The highest BCUT2D eigenvalue weighted by molar-refractivity contribution is 5.56. The predicted octanol–water partition coefficient (Wildman–Crippen LogP) is 1.16. The van der Waals surface area contributed by atoms with Crippen molar-refractivity contribution in [1.82, 2.24) is 0 Å². The lowest BCUT2D eigenvalue weighted by Crippen LogP contribution is -2.36. The van der Waals surface area contributed by atoms with Crippen LogP contribution < -0.4 is 5.32 Å². The highest BCUT2D eigenvalue weighted by Gasteiger charge is 2.20. The first-order chi connectivity index (χ1) is 6.46. The number of anilines is 1. The molecule has 78 valence electrons. The quantitative estimate of drug-likeness (QED) is 0.549. The van der Waals surface area contributed by atoms with Crippen molar-refractivity contribution < 1.29 is 15.3 Å². The smallest absolute Gasteiger partial charge is 0.243 e. The van der Waals surface area contributed by atoms with Crippen molar-refractivity contribution in [3.63, 3.8) is 0 Å². The van der Waals surface area contributed by atoms with Gasteiger partial charge < -0.3 is 20.6 Å². The Bertz CT molecular complexity index is 323. The van der Waals surface area contributed by atoms with Crippen LogP contribution in [0.4, 0.5) is 5.69 Å². The lowest BCUT2D eigenvalue weighted by Gasteiger charge is -2.23. The molecule has 1 rings (SSSR count). The van der Waals surface area contributed by atoms with Crippen molar-refractivity contribution in [3.05, 3.63) is 23.8 Å². The minimum Gasteiger partial charge on any atom is -0.508 e. The van der Waals surface area contributed by atoms with Crippen molar-refractivity contribution in [2.45, 2.75) is 26.2 Å². The number of aromatic hydroxyl groups is 1. The van der Waals surface area contributed by atoms with Crippen molar-refractivity contribution in [1.29, 1.82) is 0 Å². The lowest BCUT2D eigenvalue weighted by molar-refractivity contribution is -0.137. The largest absolute Gasteiger partial charge is 0.508 e. The summed E-state index contributed by atoms with van der Waals surface area (Å²) in [6, 6.07) is 4.85. The van der Waals surface area contributed by atoms with E-state index in [2.05, 4.69) is 5.32 Å². The van der Waals surface area contributed by atoms with Gasteiger partial charge >= 0.3 is 0 Å². The van der Waals surface area contributed by atoms with Crippen LogP contribution in [0.1, 0.15) is 18.9 Å². The summed E-state index contributed by atoms with van der Waals surface area (Å²) in [5.41, 5.74) is 1.10. The highest BCUT2D eigenvalue weighted by atomic mass is 16.5. The van der Waals surface area contributed by atoms with Crippen molar-refractivity contribution >= 4 is 5.69 Å². The average molecular weight is 197 g/mol. The maximum absolute atomic E-state index is 9.37. The Kier molecular flexibility index (Phi) is 2.98. The minimum atomic E-state index is -1.93. The second-order valence-electron chi connectivity index (χ2n) is 3.24. The molecule has 0 aliphatic carbocycles. The molecule has 4 nitrogen and oxygen atoms in total. The lowest BCUT2D eigenvalue weighted by atomic mass is 10.1. The van der Waals surface area contributed by atoms with Crippen LogP contribution in [-0.2, 0) is 0 Å². The molecule has 14 heavy (non-hydrogen) atoms. The zero-order valence-electron chi connectivity index (χ0n) is 8.28. The summed E-state index contributed by atoms with van der Waals surface area (Å²) in [7, 11) is 0. The molecule has 0 bridgehead atoms. The van der Waals surface area contributed by atoms with Gasteiger partial charge in [0.25, 0.3) is 0 Å². The van der Waals surface area contributed by atoms with Crippen LogP contribution in [0.2, 0.25) is 0 Å². The fourth-order valence-corrected chi connectivity index (χ4v) is 1.06. The molecule has 4 heteroatoms. The van der Waals surface area contributed by atoms with Crippen LogP contribution in [-0.4, -0.2) is 21.2 Å². The number of aliphatic hydroxyl groups is 2. The number of phenolic OH excluding ortho intramolecular Hbond substituents is 1. The third-order valence-corrected chi connectivity index (χ3v) is 2.13. The van der Waals surface area contributed by atoms with E-state index in [0.29, 0.717) is 11.3 Å². The summed E-state index contributed by atoms with van der Waals surface area (Å²) in [4.78, 5) is 0. The SMILES string of the molecule is CCC(O)(O)Nc1cccc(O)c1C. The summed E-state index contributed by atoms with van der Waals surface area (Å²) in [5, 5.41) is 30.6. The summed E-state index contributed by atoms with van der Waals surface area (Å²) >= 11 is 0. The number of nitrogens with one attached hydrogen (secondary N) is 1. The number of rotatable bonds is 3. The molecular formula is C10H15NO3.